The van der Waals surface area contributed by atoms with Crippen LogP contribution in [0, 0.1) is 35.1 Å². The Kier molecular flexibility index (Phi) is 6.51. The van der Waals surface area contributed by atoms with E-state index in [-0.39, 0.29) is 5.56 Å². The molecule has 29 heavy (non-hydrogen) atoms. The highest BCUT2D eigenvalue weighted by Gasteiger charge is 2.09. The van der Waals surface area contributed by atoms with Crippen LogP contribution >= 0.6 is 0 Å². The molecule has 0 aliphatic rings. The second-order valence-electron chi connectivity index (χ2n) is 6.57. The molecule has 0 nitrogen and oxygen atoms in total. The number of hydrogen-bond donors (Lipinski definition) is 0. The summed E-state index contributed by atoms with van der Waals surface area (Å²) in [5, 5.41) is 0. The first-order valence-electron chi connectivity index (χ1n) is 9.14. The van der Waals surface area contributed by atoms with Crippen LogP contribution in [0.1, 0.15) is 29.5 Å². The van der Waals surface area contributed by atoms with Gasteiger partial charge in [-0.2, -0.15) is 0 Å². The Morgan fingerprint density at radius 2 is 1.38 bits per heavy atom. The van der Waals surface area contributed by atoms with Crippen LogP contribution in [0.3, 0.4) is 0 Å². The predicted octanol–water partition coefficient (Wildman–Crippen LogP) is 6.82. The number of unbranched alkanes of at least 4 members (excludes halogenated alkanes) is 1. The summed E-state index contributed by atoms with van der Waals surface area (Å²) < 4.78 is 54.9. The Hall–Kier alpha value is -3.32. The van der Waals surface area contributed by atoms with Gasteiger partial charge in [0.1, 0.15) is 11.6 Å². The molecule has 0 N–H and O–H groups in total. The summed E-state index contributed by atoms with van der Waals surface area (Å²) in [7, 11) is 0. The lowest BCUT2D eigenvalue weighted by Crippen LogP contribution is -1.95. The van der Waals surface area contributed by atoms with Crippen molar-refractivity contribution in [2.45, 2.75) is 19.3 Å². The zero-order chi connectivity index (χ0) is 20.8. The Balaban J connectivity index is 1.79. The third-order valence-electron chi connectivity index (χ3n) is 4.45. The smallest absolute Gasteiger partial charge is 0.159 e. The van der Waals surface area contributed by atoms with E-state index in [1.165, 1.54) is 18.2 Å². The molecule has 4 heteroatoms. The van der Waals surface area contributed by atoms with E-state index in [4.69, 9.17) is 0 Å². The minimum Gasteiger partial charge on any atom is -0.206 e. The van der Waals surface area contributed by atoms with Crippen molar-refractivity contribution in [2.75, 3.05) is 0 Å². The molecule has 0 aromatic heterocycles. The quantitative estimate of drug-likeness (QED) is 0.193. The third-order valence-corrected chi connectivity index (χ3v) is 4.45. The summed E-state index contributed by atoms with van der Waals surface area (Å²) in [6.07, 6.45) is 3.90. The van der Waals surface area contributed by atoms with Crippen LogP contribution in [0.4, 0.5) is 17.6 Å². The number of benzene rings is 3. The van der Waals surface area contributed by atoms with Gasteiger partial charge in [0.05, 0.1) is 5.56 Å². The molecule has 3 aromatic carbocycles. The van der Waals surface area contributed by atoms with E-state index < -0.39 is 23.3 Å². The predicted molar refractivity (Wildman–Crippen MR) is 107 cm³/mol. The Labute approximate surface area is 167 Å². The number of aryl methyl sites for hydroxylation is 1. The molecule has 0 fully saturated rings. The summed E-state index contributed by atoms with van der Waals surface area (Å²) in [6, 6.07) is 12.9. The van der Waals surface area contributed by atoms with Crippen LogP contribution < -0.4 is 0 Å². The molecule has 0 aliphatic heterocycles. The molecule has 0 saturated heterocycles. The van der Waals surface area contributed by atoms with Crippen molar-refractivity contribution >= 4 is 0 Å². The minimum atomic E-state index is -0.926. The molecular formula is C25H18F4. The van der Waals surface area contributed by atoms with Gasteiger partial charge in [-0.1, -0.05) is 36.1 Å². The summed E-state index contributed by atoms with van der Waals surface area (Å²) >= 11 is 0. The molecule has 0 radical (unpaired) electrons. The highest BCUT2D eigenvalue weighted by Crippen LogP contribution is 2.22. The normalized spacial score (nSPS) is 10.3. The molecule has 0 spiro atoms. The van der Waals surface area contributed by atoms with Gasteiger partial charge in [-0.3, -0.25) is 0 Å². The zero-order valence-corrected chi connectivity index (χ0v) is 15.6. The first-order chi connectivity index (χ1) is 14.0. The van der Waals surface area contributed by atoms with Gasteiger partial charge in [-0.15, -0.1) is 6.58 Å². The van der Waals surface area contributed by atoms with Gasteiger partial charge < -0.3 is 0 Å². The van der Waals surface area contributed by atoms with Crippen molar-refractivity contribution in [3.8, 4) is 23.0 Å². The lowest BCUT2D eigenvalue weighted by Gasteiger charge is -2.04. The monoisotopic (exact) mass is 394 g/mol. The zero-order valence-electron chi connectivity index (χ0n) is 15.6. The standard InChI is InChI=1S/C25H18F4/c1-2-3-4-5-18-14-23(27)21(24(28)15-18)12-8-17-6-9-19(10-7-17)20-11-13-22(26)25(29)16-20/h2,6-7,9-11,13-16H,1,3-5H2. The molecule has 0 heterocycles. The second-order valence-corrected chi connectivity index (χ2v) is 6.57. The van der Waals surface area contributed by atoms with Crippen molar-refractivity contribution in [1.82, 2.24) is 0 Å². The van der Waals surface area contributed by atoms with Crippen LogP contribution in [0.5, 0.6) is 0 Å². The lowest BCUT2D eigenvalue weighted by atomic mass is 10.0. The number of halogens is 4. The van der Waals surface area contributed by atoms with Crippen LogP contribution in [0.15, 0.2) is 67.3 Å². The van der Waals surface area contributed by atoms with Crippen molar-refractivity contribution in [3.05, 3.63) is 107 Å². The van der Waals surface area contributed by atoms with Crippen LogP contribution in [0.25, 0.3) is 11.1 Å². The highest BCUT2D eigenvalue weighted by atomic mass is 19.2. The van der Waals surface area contributed by atoms with Crippen molar-refractivity contribution in [2.24, 2.45) is 0 Å². The van der Waals surface area contributed by atoms with Gasteiger partial charge in [0.15, 0.2) is 11.6 Å². The van der Waals surface area contributed by atoms with E-state index in [0.717, 1.165) is 25.0 Å². The molecule has 0 amide bonds. The van der Waals surface area contributed by atoms with E-state index in [9.17, 15) is 17.6 Å². The van der Waals surface area contributed by atoms with Gasteiger partial charge in [-0.25, -0.2) is 17.6 Å². The van der Waals surface area contributed by atoms with E-state index in [0.29, 0.717) is 28.7 Å². The molecule has 146 valence electrons. The van der Waals surface area contributed by atoms with Gasteiger partial charge in [-0.05, 0) is 72.4 Å². The Morgan fingerprint density at radius 1 is 0.724 bits per heavy atom. The van der Waals surface area contributed by atoms with Crippen LogP contribution in [-0.2, 0) is 6.42 Å². The first-order valence-corrected chi connectivity index (χ1v) is 9.14. The number of rotatable bonds is 5. The Morgan fingerprint density at radius 3 is 2.00 bits per heavy atom. The van der Waals surface area contributed by atoms with Gasteiger partial charge in [0, 0.05) is 5.56 Å². The molecule has 0 bridgehead atoms. The lowest BCUT2D eigenvalue weighted by molar-refractivity contribution is 0.509. The maximum Gasteiger partial charge on any atom is 0.159 e. The molecule has 0 unspecified atom stereocenters. The molecule has 3 rings (SSSR count). The average Bonchev–Trinajstić information content (AvgIpc) is 2.70. The number of hydrogen-bond acceptors (Lipinski definition) is 0. The fourth-order valence-electron chi connectivity index (χ4n) is 2.90. The van der Waals surface area contributed by atoms with E-state index in [2.05, 4.69) is 18.4 Å². The maximum atomic E-state index is 14.2. The molecule has 0 aliphatic carbocycles. The second kappa shape index (κ2) is 9.25. The van der Waals surface area contributed by atoms with Crippen molar-refractivity contribution < 1.29 is 17.6 Å². The van der Waals surface area contributed by atoms with Crippen LogP contribution in [0.2, 0.25) is 0 Å². The van der Waals surface area contributed by atoms with Crippen molar-refractivity contribution in [3.63, 3.8) is 0 Å². The van der Waals surface area contributed by atoms with E-state index in [1.807, 2.05) is 0 Å². The molecule has 0 atom stereocenters. The summed E-state index contributed by atoms with van der Waals surface area (Å²) in [4.78, 5) is 0. The Bertz CT molecular complexity index is 1060. The molecular weight excluding hydrogens is 376 g/mol. The molecule has 0 saturated carbocycles. The summed E-state index contributed by atoms with van der Waals surface area (Å²) in [5.74, 6) is 2.06. The molecule has 3 aromatic rings. The summed E-state index contributed by atoms with van der Waals surface area (Å²) in [5.41, 5.74) is 2.05. The van der Waals surface area contributed by atoms with Gasteiger partial charge in [0.25, 0.3) is 0 Å². The van der Waals surface area contributed by atoms with Crippen molar-refractivity contribution in [1.29, 1.82) is 0 Å². The topological polar surface area (TPSA) is 0 Å². The average molecular weight is 394 g/mol. The van der Waals surface area contributed by atoms with E-state index >= 15 is 0 Å². The minimum absolute atomic E-state index is 0.276. The van der Waals surface area contributed by atoms with Crippen LogP contribution in [-0.4, -0.2) is 0 Å². The first kappa shape index (κ1) is 20.4. The fraction of sp³-hybridized carbons (Fsp3) is 0.120. The maximum absolute atomic E-state index is 14.2. The van der Waals surface area contributed by atoms with E-state index in [1.54, 1.807) is 30.3 Å². The largest absolute Gasteiger partial charge is 0.206 e. The van der Waals surface area contributed by atoms with Gasteiger partial charge >= 0.3 is 0 Å². The number of allylic oxidation sites excluding steroid dienone is 1. The summed E-state index contributed by atoms with van der Waals surface area (Å²) in [6.45, 7) is 3.63. The fourth-order valence-corrected chi connectivity index (χ4v) is 2.90. The highest BCUT2D eigenvalue weighted by molar-refractivity contribution is 5.64. The third kappa shape index (κ3) is 5.14. The van der Waals surface area contributed by atoms with Gasteiger partial charge in [0.2, 0.25) is 0 Å². The SMILES string of the molecule is C=CCCCc1cc(F)c(C#Cc2ccc(-c3ccc(F)c(F)c3)cc2)c(F)c1.